The third-order valence-electron chi connectivity index (χ3n) is 8.21. The van der Waals surface area contributed by atoms with Crippen molar-refractivity contribution in [2.24, 2.45) is 5.92 Å². The number of hydrogen-bond acceptors (Lipinski definition) is 13. The number of fused-ring (bicyclic) bond motifs is 1. The van der Waals surface area contributed by atoms with Crippen LogP contribution in [0.4, 0.5) is 35.4 Å². The number of rotatable bonds is 6. The molecule has 17 heteroatoms. The van der Waals surface area contributed by atoms with E-state index in [1.165, 1.54) is 0 Å². The number of methoxy groups -OCH3 is 2. The number of hydrogen-bond donors (Lipinski definition) is 2. The maximum absolute atomic E-state index is 13.8. The third kappa shape index (κ3) is 8.91. The number of allylic oxidation sites excluding steroid dienone is 2. The molecule has 2 N–H and O–H groups in total. The number of carbonyl (C=O) groups is 4. The predicted octanol–water partition coefficient (Wildman–Crippen LogP) is 4.40. The smallest absolute Gasteiger partial charge is 0.490 e. The number of Topliss-reactive ketones (excluding diaryl/α,β-unsaturated/α-hetero) is 1. The fourth-order valence-electron chi connectivity index (χ4n) is 5.56. The molecule has 3 heterocycles. The summed E-state index contributed by atoms with van der Waals surface area (Å²) in [5.41, 5.74) is 2.50. The first-order chi connectivity index (χ1) is 25.0. The summed E-state index contributed by atoms with van der Waals surface area (Å²) in [6.07, 6.45) is 2.44. The van der Waals surface area contributed by atoms with Crippen LogP contribution >= 0.6 is 0 Å². The Morgan fingerprint density at radius 1 is 0.962 bits per heavy atom. The van der Waals surface area contributed by atoms with E-state index in [-0.39, 0.29) is 17.6 Å². The number of carbonyl (C=O) groups excluding carboxylic acids is 4. The van der Waals surface area contributed by atoms with Crippen LogP contribution < -0.4 is 25.2 Å². The Labute approximate surface area is 296 Å². The van der Waals surface area contributed by atoms with Gasteiger partial charge in [0.05, 0.1) is 32.5 Å². The number of nitrogens with zero attached hydrogens (tertiary/aromatic N) is 4. The SMILES string of the molecule is COC(=O)C(F)(F)F.COc1ccc(C2=CC=CC(N3CNCc4cnc(N(C(=O)OOC(=O)C5CCNCC5)c5ccccc5)nc43)C2=O)cc1. The summed E-state index contributed by atoms with van der Waals surface area (Å²) in [7, 11) is 2.27. The number of nitrogens with one attached hydrogen (secondary N) is 2. The fourth-order valence-corrected chi connectivity index (χ4v) is 5.56. The highest BCUT2D eigenvalue weighted by molar-refractivity contribution is 6.26. The number of ether oxygens (including phenoxy) is 2. The van der Waals surface area contributed by atoms with Gasteiger partial charge < -0.3 is 19.7 Å². The summed E-state index contributed by atoms with van der Waals surface area (Å²) in [4.78, 5) is 71.5. The quantitative estimate of drug-likeness (QED) is 0.209. The van der Waals surface area contributed by atoms with Gasteiger partial charge in [-0.2, -0.15) is 18.2 Å². The summed E-state index contributed by atoms with van der Waals surface area (Å²) >= 11 is 0. The van der Waals surface area contributed by atoms with Crippen molar-refractivity contribution in [3.05, 3.63) is 90.1 Å². The Morgan fingerprint density at radius 3 is 2.31 bits per heavy atom. The predicted molar refractivity (Wildman–Crippen MR) is 180 cm³/mol. The number of amides is 1. The van der Waals surface area contributed by atoms with Gasteiger partial charge in [-0.3, -0.25) is 10.1 Å². The standard InChI is InChI=1S/C32H32N6O6.C3H3F3O2/c1-42-25-12-10-21(11-13-25)26-8-5-9-27(28(26)39)37-20-34-18-23-19-35-31(36-29(23)37)38(24-6-3-2-4-7-24)32(41)44-43-30(40)22-14-16-33-17-15-22;1-8-2(7)3(4,5)6/h2-13,19,22,27,33-34H,14-18,20H2,1H3;1H3. The average Bonchev–Trinajstić information content (AvgIpc) is 3.17. The van der Waals surface area contributed by atoms with Crippen molar-refractivity contribution >= 4 is 46.8 Å². The van der Waals surface area contributed by atoms with E-state index in [0.717, 1.165) is 16.0 Å². The summed E-state index contributed by atoms with van der Waals surface area (Å²) in [6, 6.07) is 15.4. The first-order valence-electron chi connectivity index (χ1n) is 16.1. The van der Waals surface area contributed by atoms with Crippen LogP contribution in [-0.4, -0.2) is 80.0 Å². The number of para-hydroxylation sites is 1. The van der Waals surface area contributed by atoms with Gasteiger partial charge in [-0.25, -0.2) is 34.0 Å². The van der Waals surface area contributed by atoms with Crippen molar-refractivity contribution in [3.8, 4) is 5.75 Å². The summed E-state index contributed by atoms with van der Waals surface area (Å²) in [5.74, 6) is -2.02. The molecule has 3 aromatic rings. The van der Waals surface area contributed by atoms with Crippen LogP contribution in [0.25, 0.3) is 5.57 Å². The number of halogens is 3. The highest BCUT2D eigenvalue weighted by Crippen LogP contribution is 2.32. The Bertz CT molecular complexity index is 1820. The van der Waals surface area contributed by atoms with E-state index in [9.17, 15) is 32.3 Å². The second-order valence-electron chi connectivity index (χ2n) is 11.5. The maximum atomic E-state index is 13.8. The molecule has 3 aliphatic rings. The zero-order valence-electron chi connectivity index (χ0n) is 28.1. The molecule has 1 atom stereocenters. The topological polar surface area (TPSA) is 162 Å². The van der Waals surface area contributed by atoms with Crippen LogP contribution in [0.1, 0.15) is 24.0 Å². The van der Waals surface area contributed by atoms with Crippen LogP contribution in [0.15, 0.2) is 79.0 Å². The molecule has 1 unspecified atom stereocenters. The number of ketones is 1. The lowest BCUT2D eigenvalue weighted by molar-refractivity contribution is -0.236. The number of anilines is 3. The summed E-state index contributed by atoms with van der Waals surface area (Å²) in [5, 5.41) is 6.49. The van der Waals surface area contributed by atoms with Crippen molar-refractivity contribution in [3.63, 3.8) is 0 Å². The van der Waals surface area contributed by atoms with Gasteiger partial charge in [0.15, 0.2) is 5.78 Å². The van der Waals surface area contributed by atoms with E-state index in [1.54, 1.807) is 49.7 Å². The van der Waals surface area contributed by atoms with E-state index in [4.69, 9.17) is 19.5 Å². The fraction of sp³-hybridized carbons (Fsp3) is 0.314. The first-order valence-corrected chi connectivity index (χ1v) is 16.1. The Hall–Kier alpha value is -5.81. The van der Waals surface area contributed by atoms with Crippen LogP contribution in [0.2, 0.25) is 0 Å². The van der Waals surface area contributed by atoms with Gasteiger partial charge >= 0.3 is 24.2 Å². The number of aromatic nitrogens is 2. The molecule has 0 radical (unpaired) electrons. The second-order valence-corrected chi connectivity index (χ2v) is 11.5. The molecule has 6 rings (SSSR count). The minimum absolute atomic E-state index is 0.00271. The van der Waals surface area contributed by atoms with Gasteiger partial charge in [0.2, 0.25) is 5.95 Å². The third-order valence-corrected chi connectivity index (χ3v) is 8.21. The highest BCUT2D eigenvalue weighted by atomic mass is 19.4. The maximum Gasteiger partial charge on any atom is 0.490 e. The van der Waals surface area contributed by atoms with E-state index in [1.807, 2.05) is 41.3 Å². The largest absolute Gasteiger partial charge is 0.497 e. The molecule has 0 saturated carbocycles. The lowest BCUT2D eigenvalue weighted by Crippen LogP contribution is -2.49. The molecule has 0 spiro atoms. The molecule has 1 fully saturated rings. The van der Waals surface area contributed by atoms with Crippen molar-refractivity contribution in [2.75, 3.05) is 43.8 Å². The molecule has 1 aliphatic carbocycles. The summed E-state index contributed by atoms with van der Waals surface area (Å²) < 4.78 is 41.5. The number of piperidine rings is 1. The van der Waals surface area contributed by atoms with E-state index in [0.29, 0.717) is 69.1 Å². The minimum Gasteiger partial charge on any atom is -0.497 e. The van der Waals surface area contributed by atoms with Gasteiger partial charge in [0.1, 0.15) is 17.6 Å². The van der Waals surface area contributed by atoms with Gasteiger partial charge in [-0.1, -0.05) is 48.6 Å². The van der Waals surface area contributed by atoms with Crippen LogP contribution in [0.3, 0.4) is 0 Å². The minimum atomic E-state index is -4.85. The Kier molecular flexibility index (Phi) is 12.2. The highest BCUT2D eigenvalue weighted by Gasteiger charge is 2.40. The number of benzene rings is 2. The lowest BCUT2D eigenvalue weighted by Gasteiger charge is -2.36. The van der Waals surface area contributed by atoms with Gasteiger partial charge in [0, 0.05) is 23.9 Å². The van der Waals surface area contributed by atoms with Crippen molar-refractivity contribution in [1.82, 2.24) is 20.6 Å². The molecule has 274 valence electrons. The van der Waals surface area contributed by atoms with Crippen molar-refractivity contribution in [1.29, 1.82) is 0 Å². The molecule has 14 nitrogen and oxygen atoms in total. The first kappa shape index (κ1) is 37.4. The molecule has 2 aromatic carbocycles. The molecule has 1 aromatic heterocycles. The number of esters is 1. The average molecular weight is 725 g/mol. The molecular weight excluding hydrogens is 689 g/mol. The normalized spacial score (nSPS) is 17.1. The zero-order chi connectivity index (χ0) is 37.3. The Balaban J connectivity index is 0.000000587. The van der Waals surface area contributed by atoms with Crippen molar-refractivity contribution < 1.29 is 51.6 Å². The molecule has 1 saturated heterocycles. The molecule has 52 heavy (non-hydrogen) atoms. The van der Waals surface area contributed by atoms with E-state index >= 15 is 0 Å². The lowest BCUT2D eigenvalue weighted by atomic mass is 9.92. The summed E-state index contributed by atoms with van der Waals surface area (Å²) in [6.45, 7) is 2.19. The van der Waals surface area contributed by atoms with Gasteiger partial charge in [-0.15, -0.1) is 0 Å². The Morgan fingerprint density at radius 2 is 1.67 bits per heavy atom. The molecular formula is C35H35F3N6O8. The second kappa shape index (κ2) is 16.9. The molecule has 1 amide bonds. The van der Waals surface area contributed by atoms with Crippen molar-refractivity contribution in [2.45, 2.75) is 31.6 Å². The van der Waals surface area contributed by atoms with Gasteiger partial charge in [-0.05, 0) is 55.8 Å². The van der Waals surface area contributed by atoms with Crippen LogP contribution in [-0.2, 0) is 35.4 Å². The monoisotopic (exact) mass is 724 g/mol. The molecule has 0 bridgehead atoms. The van der Waals surface area contributed by atoms with Gasteiger partial charge in [0.25, 0.3) is 0 Å². The zero-order valence-corrected chi connectivity index (χ0v) is 28.1. The van der Waals surface area contributed by atoms with Crippen LogP contribution in [0.5, 0.6) is 5.75 Å². The number of alkyl halides is 3. The molecule has 2 aliphatic heterocycles. The van der Waals surface area contributed by atoms with E-state index < -0.39 is 30.2 Å². The van der Waals surface area contributed by atoms with Crippen LogP contribution in [0, 0.1) is 5.92 Å². The van der Waals surface area contributed by atoms with E-state index in [2.05, 4.69) is 20.4 Å².